The molecule has 0 amide bonds. The zero-order valence-corrected chi connectivity index (χ0v) is 10.5. The lowest BCUT2D eigenvalue weighted by atomic mass is 10.1. The highest BCUT2D eigenvalue weighted by molar-refractivity contribution is 7.91. The molecule has 0 spiro atoms. The first-order valence-electron chi connectivity index (χ1n) is 5.46. The van der Waals surface area contributed by atoms with Crippen LogP contribution >= 0.6 is 0 Å². The summed E-state index contributed by atoms with van der Waals surface area (Å²) in [5, 5.41) is 3.16. The predicted molar refractivity (Wildman–Crippen MR) is 60.9 cm³/mol. The summed E-state index contributed by atoms with van der Waals surface area (Å²) in [7, 11) is -1.54. The molecule has 0 aromatic rings. The van der Waals surface area contributed by atoms with Gasteiger partial charge in [0.2, 0.25) is 0 Å². The van der Waals surface area contributed by atoms with Crippen LogP contribution in [0.1, 0.15) is 26.2 Å². The molecule has 94 valence electrons. The number of sulfone groups is 1. The van der Waals surface area contributed by atoms with E-state index < -0.39 is 9.84 Å². The summed E-state index contributed by atoms with van der Waals surface area (Å²) in [6.07, 6.45) is 1.82. The van der Waals surface area contributed by atoms with Crippen LogP contribution in [0.5, 0.6) is 0 Å². The fourth-order valence-electron chi connectivity index (χ4n) is 1.95. The van der Waals surface area contributed by atoms with Crippen LogP contribution in [0.15, 0.2) is 0 Å². The molecule has 1 N–H and O–H groups in total. The molecule has 0 bridgehead atoms. The second kappa shape index (κ2) is 5.63. The molecule has 1 aliphatic rings. The zero-order chi connectivity index (χ0) is 12.2. The van der Waals surface area contributed by atoms with Crippen LogP contribution in [-0.2, 0) is 19.4 Å². The van der Waals surface area contributed by atoms with Crippen molar-refractivity contribution >= 4 is 15.8 Å². The lowest BCUT2D eigenvalue weighted by Crippen LogP contribution is -2.44. The Morgan fingerprint density at radius 3 is 2.81 bits per heavy atom. The number of ether oxygens (including phenoxy) is 1. The Morgan fingerprint density at radius 2 is 2.25 bits per heavy atom. The number of carbonyl (C=O) groups is 1. The summed E-state index contributed by atoms with van der Waals surface area (Å²) in [5.74, 6) is 0.188. The Kier molecular flexibility index (Phi) is 4.73. The van der Waals surface area contributed by atoms with E-state index in [2.05, 4.69) is 10.1 Å². The SMILES string of the molecule is COC(=O)CC(C)NC1CCCS(=O)(=O)C1. The molecule has 0 aliphatic carbocycles. The predicted octanol–water partition coefficient (Wildman–Crippen LogP) is 0.105. The van der Waals surface area contributed by atoms with Gasteiger partial charge < -0.3 is 10.1 Å². The van der Waals surface area contributed by atoms with Crippen LogP contribution in [0.25, 0.3) is 0 Å². The number of hydrogen-bond acceptors (Lipinski definition) is 5. The first kappa shape index (κ1) is 13.4. The standard InChI is InChI=1S/C10H19NO4S/c1-8(6-10(12)15-2)11-9-4-3-5-16(13,14)7-9/h8-9,11H,3-7H2,1-2H3. The third kappa shape index (κ3) is 4.49. The molecular formula is C10H19NO4S. The number of hydrogen-bond donors (Lipinski definition) is 1. The molecule has 2 unspecified atom stereocenters. The molecule has 1 rings (SSSR count). The Bertz CT molecular complexity index is 339. The lowest BCUT2D eigenvalue weighted by Gasteiger charge is -2.26. The molecule has 0 radical (unpaired) electrons. The second-order valence-electron chi connectivity index (χ2n) is 4.30. The maximum Gasteiger partial charge on any atom is 0.307 e. The fourth-order valence-corrected chi connectivity index (χ4v) is 3.60. The molecule has 1 aliphatic heterocycles. The van der Waals surface area contributed by atoms with E-state index in [0.29, 0.717) is 6.42 Å². The van der Waals surface area contributed by atoms with Crippen LogP contribution in [0, 0.1) is 0 Å². The number of methoxy groups -OCH3 is 1. The largest absolute Gasteiger partial charge is 0.469 e. The van der Waals surface area contributed by atoms with Gasteiger partial charge >= 0.3 is 5.97 Å². The van der Waals surface area contributed by atoms with E-state index in [1.807, 2.05) is 6.92 Å². The molecule has 1 heterocycles. The summed E-state index contributed by atoms with van der Waals surface area (Å²) in [6, 6.07) is -0.0795. The molecule has 1 fully saturated rings. The van der Waals surface area contributed by atoms with E-state index in [4.69, 9.17) is 0 Å². The van der Waals surface area contributed by atoms with Gasteiger partial charge in [-0.05, 0) is 19.8 Å². The molecule has 2 atom stereocenters. The third-order valence-corrected chi connectivity index (χ3v) is 4.50. The van der Waals surface area contributed by atoms with Crippen LogP contribution in [-0.4, -0.2) is 45.1 Å². The van der Waals surface area contributed by atoms with Gasteiger partial charge in [0.1, 0.15) is 0 Å². The van der Waals surface area contributed by atoms with Gasteiger partial charge in [0.25, 0.3) is 0 Å². The van der Waals surface area contributed by atoms with Gasteiger partial charge in [-0.3, -0.25) is 4.79 Å². The summed E-state index contributed by atoms with van der Waals surface area (Å²) in [6.45, 7) is 1.86. The maximum absolute atomic E-state index is 11.4. The minimum absolute atomic E-state index is 0.0293. The van der Waals surface area contributed by atoms with Gasteiger partial charge in [-0.15, -0.1) is 0 Å². The number of nitrogens with one attached hydrogen (secondary N) is 1. The van der Waals surface area contributed by atoms with Crippen molar-refractivity contribution in [2.45, 2.75) is 38.3 Å². The van der Waals surface area contributed by atoms with Crippen molar-refractivity contribution in [2.75, 3.05) is 18.6 Å². The van der Waals surface area contributed by atoms with Crippen LogP contribution in [0.4, 0.5) is 0 Å². The molecule has 0 saturated carbocycles. The van der Waals surface area contributed by atoms with Gasteiger partial charge in [0.05, 0.1) is 25.0 Å². The van der Waals surface area contributed by atoms with Crippen molar-refractivity contribution < 1.29 is 17.9 Å². The van der Waals surface area contributed by atoms with Crippen LogP contribution < -0.4 is 5.32 Å². The van der Waals surface area contributed by atoms with Crippen molar-refractivity contribution in [2.24, 2.45) is 0 Å². The number of esters is 1. The topological polar surface area (TPSA) is 72.5 Å². The average molecular weight is 249 g/mol. The smallest absolute Gasteiger partial charge is 0.307 e. The Labute approximate surface area is 96.5 Å². The van der Waals surface area contributed by atoms with E-state index in [1.165, 1.54) is 7.11 Å². The first-order chi connectivity index (χ1) is 7.43. The normalized spacial score (nSPS) is 26.0. The highest BCUT2D eigenvalue weighted by atomic mass is 32.2. The average Bonchev–Trinajstić information content (AvgIpc) is 2.15. The number of carbonyl (C=O) groups excluding carboxylic acids is 1. The van der Waals surface area contributed by atoms with Crippen molar-refractivity contribution in [3.63, 3.8) is 0 Å². The van der Waals surface area contributed by atoms with Gasteiger partial charge in [-0.2, -0.15) is 0 Å². The van der Waals surface area contributed by atoms with Gasteiger partial charge in [0.15, 0.2) is 9.84 Å². The van der Waals surface area contributed by atoms with Crippen molar-refractivity contribution in [1.82, 2.24) is 5.32 Å². The van der Waals surface area contributed by atoms with E-state index in [0.717, 1.165) is 6.42 Å². The highest BCUT2D eigenvalue weighted by Gasteiger charge is 2.25. The third-order valence-electron chi connectivity index (χ3n) is 2.68. The first-order valence-corrected chi connectivity index (χ1v) is 7.28. The van der Waals surface area contributed by atoms with E-state index >= 15 is 0 Å². The monoisotopic (exact) mass is 249 g/mol. The van der Waals surface area contributed by atoms with E-state index in [1.54, 1.807) is 0 Å². The van der Waals surface area contributed by atoms with Gasteiger partial charge in [0, 0.05) is 12.1 Å². The molecular weight excluding hydrogens is 230 g/mol. The summed E-state index contributed by atoms with van der Waals surface area (Å²) >= 11 is 0. The van der Waals surface area contributed by atoms with Crippen molar-refractivity contribution in [1.29, 1.82) is 0 Å². The second-order valence-corrected chi connectivity index (χ2v) is 6.53. The zero-order valence-electron chi connectivity index (χ0n) is 9.73. The van der Waals surface area contributed by atoms with Crippen LogP contribution in [0.2, 0.25) is 0 Å². The summed E-state index contributed by atoms with van der Waals surface area (Å²) in [4.78, 5) is 11.0. The number of rotatable bonds is 4. The summed E-state index contributed by atoms with van der Waals surface area (Å²) < 4.78 is 27.3. The molecule has 6 heteroatoms. The lowest BCUT2D eigenvalue weighted by molar-refractivity contribution is -0.141. The van der Waals surface area contributed by atoms with Crippen LogP contribution in [0.3, 0.4) is 0 Å². The fraction of sp³-hybridized carbons (Fsp3) is 0.900. The van der Waals surface area contributed by atoms with Gasteiger partial charge in [-0.1, -0.05) is 0 Å². The quantitative estimate of drug-likeness (QED) is 0.716. The molecule has 5 nitrogen and oxygen atoms in total. The summed E-state index contributed by atoms with van der Waals surface area (Å²) in [5.41, 5.74) is 0. The van der Waals surface area contributed by atoms with E-state index in [9.17, 15) is 13.2 Å². The maximum atomic E-state index is 11.4. The molecule has 1 saturated heterocycles. The van der Waals surface area contributed by atoms with E-state index in [-0.39, 0.29) is 36.0 Å². The molecule has 0 aromatic carbocycles. The van der Waals surface area contributed by atoms with Gasteiger partial charge in [-0.25, -0.2) is 8.42 Å². The minimum atomic E-state index is -2.89. The Hall–Kier alpha value is -0.620. The highest BCUT2D eigenvalue weighted by Crippen LogP contribution is 2.13. The van der Waals surface area contributed by atoms with Crippen molar-refractivity contribution in [3.05, 3.63) is 0 Å². The molecule has 0 aromatic heterocycles. The Balaban J connectivity index is 2.39. The molecule has 16 heavy (non-hydrogen) atoms. The Morgan fingerprint density at radius 1 is 1.56 bits per heavy atom. The minimum Gasteiger partial charge on any atom is -0.469 e. The van der Waals surface area contributed by atoms with Crippen molar-refractivity contribution in [3.8, 4) is 0 Å².